The van der Waals surface area contributed by atoms with Gasteiger partial charge in [-0.25, -0.2) is 0 Å². The zero-order valence-corrected chi connectivity index (χ0v) is 16.1. The number of carbonyl (C=O) groups is 3. The molecule has 1 spiro atoms. The molecule has 1 saturated carbocycles. The molecule has 3 aliphatic rings. The Kier molecular flexibility index (Phi) is 5.01. The molecule has 1 aliphatic carbocycles. The minimum absolute atomic E-state index is 0.0923. The molecule has 0 aromatic heterocycles. The molecule has 0 unspecified atom stereocenters. The van der Waals surface area contributed by atoms with Crippen molar-refractivity contribution in [1.82, 2.24) is 10.2 Å². The number of benzene rings is 1. The van der Waals surface area contributed by atoms with Crippen LogP contribution in [0.1, 0.15) is 37.7 Å². The van der Waals surface area contributed by atoms with E-state index in [1.165, 1.54) is 4.90 Å². The Bertz CT molecular complexity index is 895. The van der Waals surface area contributed by atoms with E-state index in [0.29, 0.717) is 18.7 Å². The van der Waals surface area contributed by atoms with E-state index in [0.717, 1.165) is 18.4 Å². The topological polar surface area (TPSA) is 123 Å². The number of para-hydroxylation sites is 1. The maximum absolute atomic E-state index is 12.8. The van der Waals surface area contributed by atoms with Crippen LogP contribution in [0.25, 0.3) is 0 Å². The second kappa shape index (κ2) is 7.48. The van der Waals surface area contributed by atoms with E-state index in [2.05, 4.69) is 16.7 Å². The van der Waals surface area contributed by atoms with E-state index in [9.17, 15) is 24.8 Å². The van der Waals surface area contributed by atoms with Crippen molar-refractivity contribution in [1.29, 1.82) is 5.26 Å². The lowest BCUT2D eigenvalue weighted by Crippen LogP contribution is -2.42. The fourth-order valence-electron chi connectivity index (χ4n) is 4.81. The fourth-order valence-corrected chi connectivity index (χ4v) is 4.81. The van der Waals surface area contributed by atoms with Gasteiger partial charge in [-0.2, -0.15) is 5.26 Å². The predicted octanol–water partition coefficient (Wildman–Crippen LogP) is 0.668. The minimum Gasteiger partial charge on any atom is -0.393 e. The van der Waals surface area contributed by atoms with Gasteiger partial charge in [0, 0.05) is 25.2 Å². The van der Waals surface area contributed by atoms with Gasteiger partial charge in [0.25, 0.3) is 0 Å². The molecule has 4 rings (SSSR count). The summed E-state index contributed by atoms with van der Waals surface area (Å²) in [4.78, 5) is 39.1. The number of likely N-dealkylation sites (tertiary alicyclic amines) is 1. The molecule has 8 heteroatoms. The highest BCUT2D eigenvalue weighted by molar-refractivity contribution is 6.07. The molecule has 2 heterocycles. The van der Waals surface area contributed by atoms with Crippen LogP contribution in [0.15, 0.2) is 24.3 Å². The van der Waals surface area contributed by atoms with Crippen molar-refractivity contribution in [3.63, 3.8) is 0 Å². The van der Waals surface area contributed by atoms with E-state index < -0.39 is 23.3 Å². The molecule has 0 bridgehead atoms. The Morgan fingerprint density at radius 1 is 1.34 bits per heavy atom. The van der Waals surface area contributed by atoms with Crippen LogP contribution in [0.2, 0.25) is 0 Å². The van der Waals surface area contributed by atoms with Gasteiger partial charge in [-0.15, -0.1) is 0 Å². The summed E-state index contributed by atoms with van der Waals surface area (Å²) in [6, 6.07) is 8.68. The van der Waals surface area contributed by atoms with Gasteiger partial charge >= 0.3 is 0 Å². The zero-order valence-electron chi connectivity index (χ0n) is 16.1. The first-order valence-corrected chi connectivity index (χ1v) is 9.98. The summed E-state index contributed by atoms with van der Waals surface area (Å²) in [5, 5.41) is 24.7. The molecular formula is C21H24N4O4. The first kappa shape index (κ1) is 19.4. The molecule has 1 aromatic rings. The van der Waals surface area contributed by atoms with Gasteiger partial charge in [-0.3, -0.25) is 14.4 Å². The Morgan fingerprint density at radius 3 is 2.86 bits per heavy atom. The van der Waals surface area contributed by atoms with E-state index in [1.807, 2.05) is 18.2 Å². The molecular weight excluding hydrogens is 372 g/mol. The second-order valence-corrected chi connectivity index (χ2v) is 8.27. The largest absolute Gasteiger partial charge is 0.393 e. The second-order valence-electron chi connectivity index (χ2n) is 8.27. The number of rotatable bonds is 4. The van der Waals surface area contributed by atoms with Crippen LogP contribution in [0.3, 0.4) is 0 Å². The third-order valence-electron chi connectivity index (χ3n) is 6.37. The number of amides is 3. The Morgan fingerprint density at radius 2 is 2.14 bits per heavy atom. The summed E-state index contributed by atoms with van der Waals surface area (Å²) in [7, 11) is 0. The van der Waals surface area contributed by atoms with Crippen LogP contribution in [0.5, 0.6) is 0 Å². The zero-order chi connectivity index (χ0) is 20.6. The number of aliphatic hydroxyl groups is 1. The maximum atomic E-state index is 12.8. The predicted molar refractivity (Wildman–Crippen MR) is 103 cm³/mol. The van der Waals surface area contributed by atoms with E-state index >= 15 is 0 Å². The molecule has 2 fully saturated rings. The summed E-state index contributed by atoms with van der Waals surface area (Å²) < 4.78 is 0. The number of hydrogen-bond donors (Lipinski definition) is 3. The lowest BCUT2D eigenvalue weighted by Gasteiger charge is -2.22. The van der Waals surface area contributed by atoms with E-state index in [4.69, 9.17) is 0 Å². The third-order valence-corrected chi connectivity index (χ3v) is 6.37. The first-order valence-electron chi connectivity index (χ1n) is 9.98. The van der Waals surface area contributed by atoms with Crippen LogP contribution in [0.4, 0.5) is 5.69 Å². The summed E-state index contributed by atoms with van der Waals surface area (Å²) >= 11 is 0. The van der Waals surface area contributed by atoms with Crippen molar-refractivity contribution in [2.45, 2.75) is 49.7 Å². The van der Waals surface area contributed by atoms with Crippen molar-refractivity contribution >= 4 is 23.4 Å². The van der Waals surface area contributed by atoms with Gasteiger partial charge in [0.1, 0.15) is 12.5 Å². The molecule has 1 saturated heterocycles. The first-order chi connectivity index (χ1) is 13.9. The number of fused-ring (bicyclic) bond motifs is 2. The summed E-state index contributed by atoms with van der Waals surface area (Å²) in [6.07, 6.45) is 1.81. The minimum atomic E-state index is -0.941. The van der Waals surface area contributed by atoms with Crippen LogP contribution in [-0.4, -0.2) is 53.0 Å². The molecule has 3 N–H and O–H groups in total. The van der Waals surface area contributed by atoms with Crippen LogP contribution >= 0.6 is 0 Å². The quantitative estimate of drug-likeness (QED) is 0.646. The van der Waals surface area contributed by atoms with Gasteiger partial charge in [0.2, 0.25) is 17.7 Å². The van der Waals surface area contributed by atoms with Gasteiger partial charge in [0.05, 0.1) is 17.6 Å². The standard InChI is InChI=1S/C21H24N4O4/c22-10-14-9-21(16-3-1-2-4-17(16)24-20(21)29)12-25(14)19(28)8-18(27)23-11-13-5-6-15(26)7-13/h1-4,13-15,26H,5-9,11-12H2,(H,23,27)(H,24,29)/t13-,14-,15+,21-/m0/s1. The normalized spacial score (nSPS) is 30.1. The Labute approximate surface area is 168 Å². The van der Waals surface area contributed by atoms with Crippen LogP contribution in [0, 0.1) is 17.2 Å². The number of carbonyl (C=O) groups excluding carboxylic acids is 3. The fraction of sp³-hybridized carbons (Fsp3) is 0.524. The number of hydrogen-bond acceptors (Lipinski definition) is 5. The van der Waals surface area contributed by atoms with Crippen LogP contribution < -0.4 is 10.6 Å². The number of nitrogens with zero attached hydrogens (tertiary/aromatic N) is 2. The van der Waals surface area contributed by atoms with Gasteiger partial charge in [-0.1, -0.05) is 18.2 Å². The van der Waals surface area contributed by atoms with Crippen molar-refractivity contribution in [3.8, 4) is 6.07 Å². The molecule has 152 valence electrons. The lowest BCUT2D eigenvalue weighted by atomic mass is 9.80. The van der Waals surface area contributed by atoms with E-state index in [-0.39, 0.29) is 37.3 Å². The average Bonchev–Trinajstić information content (AvgIpc) is 3.37. The highest BCUT2D eigenvalue weighted by Gasteiger charge is 2.55. The third kappa shape index (κ3) is 3.47. The molecule has 29 heavy (non-hydrogen) atoms. The molecule has 3 amide bonds. The van der Waals surface area contributed by atoms with Crippen molar-refractivity contribution in [3.05, 3.63) is 29.8 Å². The highest BCUT2D eigenvalue weighted by Crippen LogP contribution is 2.46. The number of nitrogens with one attached hydrogen (secondary N) is 2. The molecule has 2 aliphatic heterocycles. The lowest BCUT2D eigenvalue weighted by molar-refractivity contribution is -0.136. The van der Waals surface area contributed by atoms with Crippen molar-refractivity contribution < 1.29 is 19.5 Å². The number of nitriles is 1. The SMILES string of the molecule is N#C[C@@H]1C[C@@]2(CN1C(=O)CC(=O)NC[C@H]1CC[C@@H](O)C1)C(=O)Nc1ccccc12. The molecule has 4 atom stereocenters. The van der Waals surface area contributed by atoms with Gasteiger partial charge in [-0.05, 0) is 36.8 Å². The smallest absolute Gasteiger partial charge is 0.237 e. The number of anilines is 1. The van der Waals surface area contributed by atoms with Crippen molar-refractivity contribution in [2.24, 2.45) is 5.92 Å². The average molecular weight is 396 g/mol. The van der Waals surface area contributed by atoms with Crippen LogP contribution in [-0.2, 0) is 19.8 Å². The Balaban J connectivity index is 1.42. The summed E-state index contributed by atoms with van der Waals surface area (Å²) in [5.74, 6) is -0.831. The molecule has 8 nitrogen and oxygen atoms in total. The monoisotopic (exact) mass is 396 g/mol. The summed E-state index contributed by atoms with van der Waals surface area (Å²) in [6.45, 7) is 0.527. The maximum Gasteiger partial charge on any atom is 0.237 e. The summed E-state index contributed by atoms with van der Waals surface area (Å²) in [5.41, 5.74) is 0.563. The van der Waals surface area contributed by atoms with Gasteiger partial charge < -0.3 is 20.6 Å². The highest BCUT2D eigenvalue weighted by atomic mass is 16.3. The number of aliphatic hydroxyl groups excluding tert-OH is 1. The van der Waals surface area contributed by atoms with Gasteiger partial charge in [0.15, 0.2) is 0 Å². The Hall–Kier alpha value is -2.92. The van der Waals surface area contributed by atoms with E-state index in [1.54, 1.807) is 6.07 Å². The van der Waals surface area contributed by atoms with Crippen molar-refractivity contribution in [2.75, 3.05) is 18.4 Å². The molecule has 1 aromatic carbocycles. The molecule has 0 radical (unpaired) electrons.